The van der Waals surface area contributed by atoms with Gasteiger partial charge in [0.05, 0.1) is 6.04 Å². The van der Waals surface area contributed by atoms with E-state index < -0.39 is 41.9 Å². The quantitative estimate of drug-likeness (QED) is 0.371. The third kappa shape index (κ3) is 6.18. The first-order valence-electron chi connectivity index (χ1n) is 9.28. The van der Waals surface area contributed by atoms with E-state index in [9.17, 15) is 29.4 Å². The second-order valence-electron chi connectivity index (χ2n) is 7.00. The van der Waals surface area contributed by atoms with Crippen LogP contribution in [0, 0.1) is 0 Å². The van der Waals surface area contributed by atoms with E-state index in [-0.39, 0.29) is 31.6 Å². The maximum absolute atomic E-state index is 13.0. The molecule has 1 aliphatic heterocycles. The van der Waals surface area contributed by atoms with Crippen molar-refractivity contribution >= 4 is 23.8 Å². The van der Waals surface area contributed by atoms with Crippen LogP contribution >= 0.6 is 0 Å². The van der Waals surface area contributed by atoms with Crippen LogP contribution in [-0.4, -0.2) is 68.6 Å². The number of amides is 2. The molecule has 0 aromatic heterocycles. The first-order chi connectivity index (χ1) is 13.7. The molecular formula is C19H25N3O7. The molecule has 1 saturated heterocycles. The number of carboxylic acid groups (broad SMARTS) is 2. The summed E-state index contributed by atoms with van der Waals surface area (Å²) in [5.41, 5.74) is 6.37. The van der Waals surface area contributed by atoms with Crippen LogP contribution in [0.5, 0.6) is 5.75 Å². The molecule has 1 aromatic rings. The van der Waals surface area contributed by atoms with Gasteiger partial charge in [-0.15, -0.1) is 0 Å². The van der Waals surface area contributed by atoms with Crippen molar-refractivity contribution in [3.63, 3.8) is 0 Å². The van der Waals surface area contributed by atoms with Gasteiger partial charge in [0, 0.05) is 19.4 Å². The lowest BCUT2D eigenvalue weighted by Gasteiger charge is -2.28. The number of benzene rings is 1. The monoisotopic (exact) mass is 407 g/mol. The van der Waals surface area contributed by atoms with E-state index in [1.165, 1.54) is 17.0 Å². The van der Waals surface area contributed by atoms with Gasteiger partial charge >= 0.3 is 11.9 Å². The Labute approximate surface area is 167 Å². The van der Waals surface area contributed by atoms with Crippen molar-refractivity contribution in [2.24, 2.45) is 5.73 Å². The highest BCUT2D eigenvalue weighted by Gasteiger charge is 2.38. The van der Waals surface area contributed by atoms with Gasteiger partial charge in [-0.05, 0) is 37.0 Å². The normalized spacial score (nSPS) is 18.1. The van der Waals surface area contributed by atoms with Crippen LogP contribution in [0.3, 0.4) is 0 Å². The summed E-state index contributed by atoms with van der Waals surface area (Å²) >= 11 is 0. The predicted molar refractivity (Wildman–Crippen MR) is 101 cm³/mol. The van der Waals surface area contributed by atoms with Gasteiger partial charge in [0.1, 0.15) is 17.8 Å². The van der Waals surface area contributed by atoms with Gasteiger partial charge in [-0.25, -0.2) is 4.79 Å². The molecule has 158 valence electrons. The summed E-state index contributed by atoms with van der Waals surface area (Å²) in [6.07, 6.45) is 0.556. The molecule has 0 radical (unpaired) electrons. The molecule has 10 nitrogen and oxygen atoms in total. The zero-order chi connectivity index (χ0) is 21.6. The van der Waals surface area contributed by atoms with Crippen LogP contribution in [0.25, 0.3) is 0 Å². The van der Waals surface area contributed by atoms with Gasteiger partial charge in [0.25, 0.3) is 0 Å². The Hall–Kier alpha value is -3.14. The number of nitrogens with zero attached hydrogens (tertiary/aromatic N) is 1. The maximum atomic E-state index is 13.0. The molecule has 1 fully saturated rings. The minimum Gasteiger partial charge on any atom is -0.508 e. The van der Waals surface area contributed by atoms with Gasteiger partial charge in [-0.3, -0.25) is 14.4 Å². The Balaban J connectivity index is 2.17. The van der Waals surface area contributed by atoms with Crippen LogP contribution in [0.15, 0.2) is 24.3 Å². The Morgan fingerprint density at radius 2 is 1.83 bits per heavy atom. The summed E-state index contributed by atoms with van der Waals surface area (Å²) < 4.78 is 0. The number of likely N-dealkylation sites (tertiary alicyclic amines) is 1. The molecule has 2 amide bonds. The zero-order valence-electron chi connectivity index (χ0n) is 15.8. The molecular weight excluding hydrogens is 382 g/mol. The molecule has 6 N–H and O–H groups in total. The highest BCUT2D eigenvalue weighted by atomic mass is 16.4. The molecule has 0 aliphatic carbocycles. The lowest BCUT2D eigenvalue weighted by Crippen LogP contribution is -2.55. The summed E-state index contributed by atoms with van der Waals surface area (Å²) in [6.45, 7) is 0.267. The summed E-state index contributed by atoms with van der Waals surface area (Å²) in [4.78, 5) is 48.7. The van der Waals surface area contributed by atoms with Gasteiger partial charge in [0.2, 0.25) is 11.8 Å². The van der Waals surface area contributed by atoms with Crippen LogP contribution in [0.2, 0.25) is 0 Å². The topological polar surface area (TPSA) is 170 Å². The number of hydrogen-bond acceptors (Lipinski definition) is 6. The smallest absolute Gasteiger partial charge is 0.326 e. The predicted octanol–water partition coefficient (Wildman–Crippen LogP) is -0.313. The molecule has 1 heterocycles. The Morgan fingerprint density at radius 3 is 2.41 bits per heavy atom. The molecule has 10 heteroatoms. The first kappa shape index (κ1) is 22.2. The first-order valence-corrected chi connectivity index (χ1v) is 9.28. The van der Waals surface area contributed by atoms with E-state index >= 15 is 0 Å². The molecule has 2 rings (SSSR count). The number of nitrogens with one attached hydrogen (secondary N) is 1. The Bertz CT molecular complexity index is 766. The van der Waals surface area contributed by atoms with Gasteiger partial charge in [-0.1, -0.05) is 12.1 Å². The van der Waals surface area contributed by atoms with Crippen molar-refractivity contribution in [3.8, 4) is 5.75 Å². The average molecular weight is 407 g/mol. The number of aromatic hydroxyl groups is 1. The highest BCUT2D eigenvalue weighted by Crippen LogP contribution is 2.20. The molecule has 0 spiro atoms. The zero-order valence-corrected chi connectivity index (χ0v) is 15.8. The second kappa shape index (κ2) is 9.87. The lowest BCUT2D eigenvalue weighted by molar-refractivity contribution is -0.149. The Morgan fingerprint density at radius 1 is 1.17 bits per heavy atom. The number of carboxylic acids is 2. The molecule has 29 heavy (non-hydrogen) atoms. The number of rotatable bonds is 9. The van der Waals surface area contributed by atoms with Crippen molar-refractivity contribution in [3.05, 3.63) is 29.8 Å². The molecule has 0 saturated carbocycles. The number of phenols is 1. The molecule has 1 aromatic carbocycles. The van der Waals surface area contributed by atoms with Crippen LogP contribution in [0.1, 0.15) is 31.2 Å². The maximum Gasteiger partial charge on any atom is 0.326 e. The fourth-order valence-corrected chi connectivity index (χ4v) is 3.24. The summed E-state index contributed by atoms with van der Waals surface area (Å²) in [6, 6.07) is 2.91. The number of hydrogen-bond donors (Lipinski definition) is 5. The van der Waals surface area contributed by atoms with Crippen molar-refractivity contribution in [1.82, 2.24) is 10.2 Å². The lowest BCUT2D eigenvalue weighted by atomic mass is 10.0. The van der Waals surface area contributed by atoms with E-state index in [1.54, 1.807) is 12.1 Å². The number of phenolic OH excluding ortho intramolecular Hbond substituents is 1. The third-order valence-electron chi connectivity index (χ3n) is 4.82. The summed E-state index contributed by atoms with van der Waals surface area (Å²) in [5, 5.41) is 30.0. The Kier molecular flexibility index (Phi) is 7.54. The van der Waals surface area contributed by atoms with Crippen molar-refractivity contribution in [1.29, 1.82) is 0 Å². The number of carbonyl (C=O) groups is 4. The molecule has 1 aliphatic rings. The average Bonchev–Trinajstić information content (AvgIpc) is 3.16. The number of nitrogens with two attached hydrogens (primary N) is 1. The highest BCUT2D eigenvalue weighted by molar-refractivity contribution is 5.92. The minimum atomic E-state index is -1.12. The SMILES string of the molecule is N[C@@H](CCC(=O)O)C(=O)N[C@@H](Cc1ccc(O)cc1)C(=O)N1CCC[C@@H]1C(=O)O. The van der Waals surface area contributed by atoms with E-state index in [1.807, 2.05) is 0 Å². The third-order valence-corrected chi connectivity index (χ3v) is 4.82. The van der Waals surface area contributed by atoms with Gasteiger partial charge < -0.3 is 31.3 Å². The minimum absolute atomic E-state index is 0.0434. The molecule has 0 unspecified atom stereocenters. The summed E-state index contributed by atoms with van der Waals surface area (Å²) in [5.74, 6) is -3.38. The fraction of sp³-hybridized carbons (Fsp3) is 0.474. The van der Waals surface area contributed by atoms with E-state index in [0.29, 0.717) is 18.4 Å². The van der Waals surface area contributed by atoms with Crippen LogP contribution in [-0.2, 0) is 25.6 Å². The molecule has 0 bridgehead atoms. The number of aliphatic carboxylic acids is 2. The van der Waals surface area contributed by atoms with Gasteiger partial charge in [-0.2, -0.15) is 0 Å². The standard InChI is InChI=1S/C19H25N3O7/c20-13(7-8-16(24)25)17(26)21-14(10-11-3-5-12(23)6-4-11)18(27)22-9-1-2-15(22)19(28)29/h3-6,13-15,23H,1-2,7-10,20H2,(H,21,26)(H,24,25)(H,28,29)/t13-,14-,15+/m0/s1. The van der Waals surface area contributed by atoms with Crippen LogP contribution in [0.4, 0.5) is 0 Å². The molecule has 3 atom stereocenters. The second-order valence-corrected chi connectivity index (χ2v) is 7.00. The van der Waals surface area contributed by atoms with E-state index in [0.717, 1.165) is 0 Å². The van der Waals surface area contributed by atoms with Crippen molar-refractivity contribution in [2.75, 3.05) is 6.54 Å². The van der Waals surface area contributed by atoms with Crippen molar-refractivity contribution in [2.45, 2.75) is 50.2 Å². The van der Waals surface area contributed by atoms with Gasteiger partial charge in [0.15, 0.2) is 0 Å². The summed E-state index contributed by atoms with van der Waals surface area (Å²) in [7, 11) is 0. The number of carbonyl (C=O) groups excluding carboxylic acids is 2. The van der Waals surface area contributed by atoms with E-state index in [2.05, 4.69) is 5.32 Å². The van der Waals surface area contributed by atoms with Crippen LogP contribution < -0.4 is 11.1 Å². The largest absolute Gasteiger partial charge is 0.508 e. The van der Waals surface area contributed by atoms with Crippen molar-refractivity contribution < 1.29 is 34.5 Å². The fourth-order valence-electron chi connectivity index (χ4n) is 3.24. The van der Waals surface area contributed by atoms with E-state index in [4.69, 9.17) is 10.8 Å².